The predicted molar refractivity (Wildman–Crippen MR) is 72.0 cm³/mol. The molecule has 4 heteroatoms. The number of rotatable bonds is 2. The minimum absolute atomic E-state index is 0.365. The maximum atomic E-state index is 12.8. The minimum Gasteiger partial charge on any atom is -0.319 e. The highest BCUT2D eigenvalue weighted by molar-refractivity contribution is 5.79. The molecule has 2 heterocycles. The fourth-order valence-corrected chi connectivity index (χ4v) is 2.02. The number of nitrogens with two attached hydrogens (primary N) is 1. The summed E-state index contributed by atoms with van der Waals surface area (Å²) in [6, 6.07) is 12.3. The first-order valence-corrected chi connectivity index (χ1v) is 5.96. The molecule has 94 valence electrons. The largest absolute Gasteiger partial charge is 0.319 e. The molecule has 1 aromatic carbocycles. The summed E-state index contributed by atoms with van der Waals surface area (Å²) in [5.74, 6) is -0.365. The van der Waals surface area contributed by atoms with Crippen LogP contribution in [0.5, 0.6) is 0 Å². The van der Waals surface area contributed by atoms with Gasteiger partial charge in [-0.3, -0.25) is 9.97 Å². The zero-order chi connectivity index (χ0) is 13.2. The second-order valence-corrected chi connectivity index (χ2v) is 4.33. The highest BCUT2D eigenvalue weighted by atomic mass is 19.1. The summed E-state index contributed by atoms with van der Waals surface area (Å²) in [6.45, 7) is 0. The number of pyridine rings is 2. The molecule has 3 rings (SSSR count). The van der Waals surface area contributed by atoms with E-state index in [0.29, 0.717) is 5.69 Å². The molecular weight excluding hydrogens is 241 g/mol. The van der Waals surface area contributed by atoms with Crippen molar-refractivity contribution in [1.29, 1.82) is 0 Å². The van der Waals surface area contributed by atoms with Crippen molar-refractivity contribution < 1.29 is 4.39 Å². The number of nitrogens with zero attached hydrogens (tertiary/aromatic N) is 2. The number of fused-ring (bicyclic) bond motifs is 1. The number of hydrogen-bond donors (Lipinski definition) is 1. The first kappa shape index (κ1) is 11.7. The molecule has 0 saturated carbocycles. The smallest absolute Gasteiger partial charge is 0.141 e. The van der Waals surface area contributed by atoms with Crippen LogP contribution in [0.4, 0.5) is 4.39 Å². The van der Waals surface area contributed by atoms with E-state index in [1.54, 1.807) is 12.3 Å². The Morgan fingerprint density at radius 2 is 1.95 bits per heavy atom. The van der Waals surface area contributed by atoms with Gasteiger partial charge in [-0.2, -0.15) is 0 Å². The molecule has 3 nitrogen and oxygen atoms in total. The molecule has 0 aliphatic heterocycles. The van der Waals surface area contributed by atoms with E-state index in [1.165, 1.54) is 12.3 Å². The Kier molecular flexibility index (Phi) is 2.93. The zero-order valence-corrected chi connectivity index (χ0v) is 10.1. The van der Waals surface area contributed by atoms with E-state index in [-0.39, 0.29) is 11.9 Å². The third-order valence-corrected chi connectivity index (χ3v) is 3.06. The van der Waals surface area contributed by atoms with Gasteiger partial charge < -0.3 is 5.73 Å². The molecule has 0 amide bonds. The van der Waals surface area contributed by atoms with Crippen LogP contribution in [-0.4, -0.2) is 9.97 Å². The summed E-state index contributed by atoms with van der Waals surface area (Å²) in [4.78, 5) is 8.31. The quantitative estimate of drug-likeness (QED) is 0.764. The zero-order valence-electron chi connectivity index (χ0n) is 10.1. The maximum Gasteiger partial charge on any atom is 0.141 e. The highest BCUT2D eigenvalue weighted by Gasteiger charge is 2.11. The van der Waals surface area contributed by atoms with Crippen LogP contribution in [0.25, 0.3) is 10.9 Å². The van der Waals surface area contributed by atoms with Gasteiger partial charge in [0, 0.05) is 11.6 Å². The summed E-state index contributed by atoms with van der Waals surface area (Å²) < 4.78 is 12.8. The van der Waals surface area contributed by atoms with Crippen molar-refractivity contribution in [3.8, 4) is 0 Å². The van der Waals surface area contributed by atoms with Gasteiger partial charge in [-0.1, -0.05) is 18.2 Å². The second kappa shape index (κ2) is 4.74. The topological polar surface area (TPSA) is 51.8 Å². The SMILES string of the molecule is NC(c1ccc2cccnc2c1)c1ccc(F)cn1. The Labute approximate surface area is 109 Å². The number of aromatic nitrogens is 2. The predicted octanol–water partition coefficient (Wildman–Crippen LogP) is 2.82. The van der Waals surface area contributed by atoms with Crippen molar-refractivity contribution in [3.05, 3.63) is 71.9 Å². The van der Waals surface area contributed by atoms with Crippen LogP contribution in [0.3, 0.4) is 0 Å². The average Bonchev–Trinajstić information content (AvgIpc) is 2.47. The Morgan fingerprint density at radius 1 is 1.05 bits per heavy atom. The summed E-state index contributed by atoms with van der Waals surface area (Å²) in [5.41, 5.74) is 8.57. The summed E-state index contributed by atoms with van der Waals surface area (Å²) in [7, 11) is 0. The van der Waals surface area contributed by atoms with Gasteiger partial charge in [-0.05, 0) is 29.8 Å². The molecule has 1 unspecified atom stereocenters. The van der Waals surface area contributed by atoms with Crippen LogP contribution >= 0.6 is 0 Å². The second-order valence-electron chi connectivity index (χ2n) is 4.33. The first-order valence-electron chi connectivity index (χ1n) is 5.96. The maximum absolute atomic E-state index is 12.8. The molecule has 0 radical (unpaired) electrons. The Morgan fingerprint density at radius 3 is 2.74 bits per heavy atom. The van der Waals surface area contributed by atoms with Crippen LogP contribution < -0.4 is 5.73 Å². The van der Waals surface area contributed by atoms with Crippen molar-refractivity contribution in [2.75, 3.05) is 0 Å². The third kappa shape index (κ3) is 2.30. The lowest BCUT2D eigenvalue weighted by Gasteiger charge is -2.12. The third-order valence-electron chi connectivity index (χ3n) is 3.06. The fraction of sp³-hybridized carbons (Fsp3) is 0.0667. The molecule has 0 aliphatic rings. The van der Waals surface area contributed by atoms with Gasteiger partial charge in [0.05, 0.1) is 23.4 Å². The number of halogens is 1. The Bertz CT molecular complexity index is 710. The Balaban J connectivity index is 2.01. The standard InChI is InChI=1S/C15H12FN3/c16-12-5-6-13(19-9-12)15(17)11-4-3-10-2-1-7-18-14(10)8-11/h1-9,15H,17H2. The fourth-order valence-electron chi connectivity index (χ4n) is 2.02. The van der Waals surface area contributed by atoms with Gasteiger partial charge >= 0.3 is 0 Å². The van der Waals surface area contributed by atoms with Crippen molar-refractivity contribution >= 4 is 10.9 Å². The van der Waals surface area contributed by atoms with E-state index in [0.717, 1.165) is 16.5 Å². The van der Waals surface area contributed by atoms with Gasteiger partial charge in [0.1, 0.15) is 5.82 Å². The molecule has 0 spiro atoms. The van der Waals surface area contributed by atoms with E-state index in [4.69, 9.17) is 5.73 Å². The first-order chi connectivity index (χ1) is 9.24. The molecule has 2 aromatic heterocycles. The summed E-state index contributed by atoms with van der Waals surface area (Å²) >= 11 is 0. The van der Waals surface area contributed by atoms with Crippen molar-refractivity contribution in [2.45, 2.75) is 6.04 Å². The van der Waals surface area contributed by atoms with Gasteiger partial charge in [0.25, 0.3) is 0 Å². The molecule has 0 aliphatic carbocycles. The van der Waals surface area contributed by atoms with Crippen molar-refractivity contribution in [2.24, 2.45) is 5.73 Å². The van der Waals surface area contributed by atoms with Crippen molar-refractivity contribution in [1.82, 2.24) is 9.97 Å². The molecule has 3 aromatic rings. The molecule has 1 atom stereocenters. The monoisotopic (exact) mass is 253 g/mol. The van der Waals surface area contributed by atoms with E-state index < -0.39 is 0 Å². The van der Waals surface area contributed by atoms with Crippen LogP contribution in [0.15, 0.2) is 54.9 Å². The molecule has 0 saturated heterocycles. The van der Waals surface area contributed by atoms with E-state index >= 15 is 0 Å². The molecule has 0 fully saturated rings. The lowest BCUT2D eigenvalue weighted by atomic mass is 10.0. The van der Waals surface area contributed by atoms with Gasteiger partial charge in [0.15, 0.2) is 0 Å². The molecule has 19 heavy (non-hydrogen) atoms. The van der Waals surface area contributed by atoms with E-state index in [2.05, 4.69) is 9.97 Å². The lowest BCUT2D eigenvalue weighted by molar-refractivity contribution is 0.617. The molecule has 2 N–H and O–H groups in total. The van der Waals surface area contributed by atoms with E-state index in [1.807, 2.05) is 30.3 Å². The van der Waals surface area contributed by atoms with Gasteiger partial charge in [-0.25, -0.2) is 4.39 Å². The molecule has 0 bridgehead atoms. The Hall–Kier alpha value is -2.33. The van der Waals surface area contributed by atoms with Gasteiger partial charge in [-0.15, -0.1) is 0 Å². The number of benzene rings is 1. The van der Waals surface area contributed by atoms with Crippen molar-refractivity contribution in [3.63, 3.8) is 0 Å². The lowest BCUT2D eigenvalue weighted by Crippen LogP contribution is -2.13. The summed E-state index contributed by atoms with van der Waals surface area (Å²) in [6.07, 6.45) is 2.92. The van der Waals surface area contributed by atoms with Crippen LogP contribution in [0.1, 0.15) is 17.3 Å². The highest BCUT2D eigenvalue weighted by Crippen LogP contribution is 2.21. The minimum atomic E-state index is -0.382. The van der Waals surface area contributed by atoms with Crippen LogP contribution in [0.2, 0.25) is 0 Å². The average molecular weight is 253 g/mol. The van der Waals surface area contributed by atoms with Crippen LogP contribution in [0, 0.1) is 5.82 Å². The molecular formula is C15H12FN3. The van der Waals surface area contributed by atoms with Crippen LogP contribution in [-0.2, 0) is 0 Å². The van der Waals surface area contributed by atoms with E-state index in [9.17, 15) is 4.39 Å². The van der Waals surface area contributed by atoms with Gasteiger partial charge in [0.2, 0.25) is 0 Å². The summed E-state index contributed by atoms with van der Waals surface area (Å²) in [5, 5.41) is 1.06. The normalized spacial score (nSPS) is 12.5. The number of hydrogen-bond acceptors (Lipinski definition) is 3.